The lowest BCUT2D eigenvalue weighted by molar-refractivity contribution is 0.586. The van der Waals surface area contributed by atoms with E-state index in [0.29, 0.717) is 6.42 Å². The van der Waals surface area contributed by atoms with Gasteiger partial charge in [0.1, 0.15) is 0 Å². The van der Waals surface area contributed by atoms with E-state index < -0.39 is 10.0 Å². The molecular weight excluding hydrogens is 272 g/mol. The van der Waals surface area contributed by atoms with Crippen molar-refractivity contribution in [2.24, 2.45) is 0 Å². The van der Waals surface area contributed by atoms with Gasteiger partial charge in [0, 0.05) is 7.05 Å². The Morgan fingerprint density at radius 2 is 1.90 bits per heavy atom. The lowest BCUT2D eigenvalue weighted by Crippen LogP contribution is -2.31. The zero-order chi connectivity index (χ0) is 15.2. The number of anilines is 1. The van der Waals surface area contributed by atoms with Gasteiger partial charge in [0.05, 0.1) is 11.4 Å². The third-order valence-electron chi connectivity index (χ3n) is 3.29. The van der Waals surface area contributed by atoms with Gasteiger partial charge in [-0.3, -0.25) is 4.31 Å². The van der Waals surface area contributed by atoms with Crippen molar-refractivity contribution in [3.8, 4) is 0 Å². The molecule has 114 valence electrons. The summed E-state index contributed by atoms with van der Waals surface area (Å²) in [5, 5.41) is 3.22. The summed E-state index contributed by atoms with van der Waals surface area (Å²) < 4.78 is 26.0. The SMILES string of the molecule is CCCNCCCS(=O)(=O)N(C)c1ccc(C)cc1C. The van der Waals surface area contributed by atoms with Gasteiger partial charge in [-0.1, -0.05) is 24.6 Å². The molecule has 1 rings (SSSR count). The Balaban J connectivity index is 2.66. The van der Waals surface area contributed by atoms with Crippen molar-refractivity contribution in [1.82, 2.24) is 5.32 Å². The van der Waals surface area contributed by atoms with E-state index in [-0.39, 0.29) is 5.75 Å². The van der Waals surface area contributed by atoms with E-state index in [4.69, 9.17) is 0 Å². The second kappa shape index (κ2) is 7.64. The first kappa shape index (κ1) is 17.0. The van der Waals surface area contributed by atoms with Gasteiger partial charge in [0.25, 0.3) is 0 Å². The van der Waals surface area contributed by atoms with Gasteiger partial charge in [0.15, 0.2) is 0 Å². The van der Waals surface area contributed by atoms with Crippen molar-refractivity contribution >= 4 is 15.7 Å². The summed E-state index contributed by atoms with van der Waals surface area (Å²) in [6.07, 6.45) is 1.70. The van der Waals surface area contributed by atoms with Crippen LogP contribution in [0.15, 0.2) is 18.2 Å². The molecule has 0 aromatic heterocycles. The molecule has 0 saturated heterocycles. The number of rotatable bonds is 8. The lowest BCUT2D eigenvalue weighted by Gasteiger charge is -2.21. The minimum Gasteiger partial charge on any atom is -0.317 e. The van der Waals surface area contributed by atoms with Crippen molar-refractivity contribution in [3.05, 3.63) is 29.3 Å². The molecule has 0 spiro atoms. The maximum absolute atomic E-state index is 12.3. The summed E-state index contributed by atoms with van der Waals surface area (Å²) in [7, 11) is -1.61. The van der Waals surface area contributed by atoms with E-state index >= 15 is 0 Å². The molecule has 0 heterocycles. The van der Waals surface area contributed by atoms with Crippen LogP contribution in [-0.2, 0) is 10.0 Å². The highest BCUT2D eigenvalue weighted by Gasteiger charge is 2.19. The molecule has 0 unspecified atom stereocenters. The van der Waals surface area contributed by atoms with E-state index in [1.54, 1.807) is 7.05 Å². The van der Waals surface area contributed by atoms with Gasteiger partial charge < -0.3 is 5.32 Å². The number of nitrogens with one attached hydrogen (secondary N) is 1. The molecule has 0 aliphatic rings. The lowest BCUT2D eigenvalue weighted by atomic mass is 10.1. The molecule has 4 nitrogen and oxygen atoms in total. The first-order valence-corrected chi connectivity index (χ1v) is 8.74. The Morgan fingerprint density at radius 1 is 1.20 bits per heavy atom. The summed E-state index contributed by atoms with van der Waals surface area (Å²) in [5.41, 5.74) is 2.89. The van der Waals surface area contributed by atoms with Crippen LogP contribution >= 0.6 is 0 Å². The second-order valence-electron chi connectivity index (χ2n) is 5.18. The van der Waals surface area contributed by atoms with E-state index in [9.17, 15) is 8.42 Å². The molecule has 0 bridgehead atoms. The molecule has 20 heavy (non-hydrogen) atoms. The van der Waals surface area contributed by atoms with Crippen molar-refractivity contribution in [3.63, 3.8) is 0 Å². The maximum atomic E-state index is 12.3. The van der Waals surface area contributed by atoms with Gasteiger partial charge in [-0.05, 0) is 51.4 Å². The van der Waals surface area contributed by atoms with Crippen molar-refractivity contribution in [1.29, 1.82) is 0 Å². The third-order valence-corrected chi connectivity index (χ3v) is 5.13. The van der Waals surface area contributed by atoms with Gasteiger partial charge in [-0.25, -0.2) is 8.42 Å². The Hall–Kier alpha value is -1.07. The molecule has 0 saturated carbocycles. The van der Waals surface area contributed by atoms with Gasteiger partial charge in [0.2, 0.25) is 10.0 Å². The van der Waals surface area contributed by atoms with Crippen molar-refractivity contribution in [2.45, 2.75) is 33.6 Å². The minimum atomic E-state index is -3.24. The van der Waals surface area contributed by atoms with Gasteiger partial charge in [-0.15, -0.1) is 0 Å². The van der Waals surface area contributed by atoms with Crippen LogP contribution in [0.5, 0.6) is 0 Å². The molecule has 0 fully saturated rings. The smallest absolute Gasteiger partial charge is 0.234 e. The van der Waals surface area contributed by atoms with E-state index in [1.165, 1.54) is 4.31 Å². The largest absolute Gasteiger partial charge is 0.317 e. The van der Waals surface area contributed by atoms with E-state index in [2.05, 4.69) is 12.2 Å². The van der Waals surface area contributed by atoms with E-state index in [1.807, 2.05) is 32.0 Å². The van der Waals surface area contributed by atoms with E-state index in [0.717, 1.165) is 36.3 Å². The molecule has 1 aromatic carbocycles. The highest BCUT2D eigenvalue weighted by atomic mass is 32.2. The van der Waals surface area contributed by atoms with Crippen LogP contribution in [0.25, 0.3) is 0 Å². The normalized spacial score (nSPS) is 11.6. The van der Waals surface area contributed by atoms with Crippen LogP contribution in [0.1, 0.15) is 30.9 Å². The number of nitrogens with zero attached hydrogens (tertiary/aromatic N) is 1. The monoisotopic (exact) mass is 298 g/mol. The zero-order valence-corrected chi connectivity index (χ0v) is 13.8. The fourth-order valence-electron chi connectivity index (χ4n) is 2.13. The Morgan fingerprint density at radius 3 is 2.50 bits per heavy atom. The molecule has 1 N–H and O–H groups in total. The Bertz CT molecular complexity index is 527. The number of hydrogen-bond acceptors (Lipinski definition) is 3. The molecule has 0 amide bonds. The van der Waals surface area contributed by atoms with Gasteiger partial charge in [-0.2, -0.15) is 0 Å². The molecule has 0 atom stereocenters. The summed E-state index contributed by atoms with van der Waals surface area (Å²) in [6, 6.07) is 5.82. The summed E-state index contributed by atoms with van der Waals surface area (Å²) >= 11 is 0. The Labute approximate surface area is 123 Å². The van der Waals surface area contributed by atoms with Gasteiger partial charge >= 0.3 is 0 Å². The van der Waals surface area contributed by atoms with Crippen LogP contribution in [0.3, 0.4) is 0 Å². The summed E-state index contributed by atoms with van der Waals surface area (Å²) in [6.45, 7) is 7.72. The average Bonchev–Trinajstić information content (AvgIpc) is 2.37. The Kier molecular flexibility index (Phi) is 6.49. The van der Waals surface area contributed by atoms with Crippen LogP contribution in [0.2, 0.25) is 0 Å². The molecule has 5 heteroatoms. The predicted molar refractivity (Wildman–Crippen MR) is 85.9 cm³/mol. The standard InChI is InChI=1S/C15H26N2O2S/c1-5-9-16-10-6-11-20(18,19)17(4)15-8-7-13(2)12-14(15)3/h7-8,12,16H,5-6,9-11H2,1-4H3. The quantitative estimate of drug-likeness (QED) is 0.750. The third kappa shape index (κ3) is 4.80. The average molecular weight is 298 g/mol. The fraction of sp³-hybridized carbons (Fsp3) is 0.600. The maximum Gasteiger partial charge on any atom is 0.234 e. The highest BCUT2D eigenvalue weighted by molar-refractivity contribution is 7.92. The number of sulfonamides is 1. The first-order chi connectivity index (χ1) is 9.38. The highest BCUT2D eigenvalue weighted by Crippen LogP contribution is 2.22. The molecular formula is C15H26N2O2S. The zero-order valence-electron chi connectivity index (χ0n) is 12.9. The summed E-state index contributed by atoms with van der Waals surface area (Å²) in [4.78, 5) is 0. The minimum absolute atomic E-state index is 0.174. The molecule has 1 aromatic rings. The van der Waals surface area contributed by atoms with Crippen LogP contribution in [-0.4, -0.2) is 34.3 Å². The molecule has 0 radical (unpaired) electrons. The van der Waals surface area contributed by atoms with Crippen molar-refractivity contribution in [2.75, 3.05) is 30.2 Å². The summed E-state index contributed by atoms with van der Waals surface area (Å²) in [5.74, 6) is 0.174. The van der Waals surface area contributed by atoms with Crippen LogP contribution in [0.4, 0.5) is 5.69 Å². The molecule has 0 aliphatic carbocycles. The second-order valence-corrected chi connectivity index (χ2v) is 7.30. The fourth-order valence-corrected chi connectivity index (χ4v) is 3.41. The van der Waals surface area contributed by atoms with Crippen molar-refractivity contribution < 1.29 is 8.42 Å². The first-order valence-electron chi connectivity index (χ1n) is 7.13. The molecule has 0 aliphatic heterocycles. The van der Waals surface area contributed by atoms with Crippen LogP contribution < -0.4 is 9.62 Å². The topological polar surface area (TPSA) is 49.4 Å². The van der Waals surface area contributed by atoms with Crippen LogP contribution in [0, 0.1) is 13.8 Å². The predicted octanol–water partition coefficient (Wildman–Crippen LogP) is 2.46. The number of aryl methyl sites for hydroxylation is 2. The number of benzene rings is 1. The number of hydrogen-bond donors (Lipinski definition) is 1.